The largest absolute Gasteiger partial charge is 0.369 e. The first kappa shape index (κ1) is 15.7. The number of carbonyl (C=O) groups excluding carboxylic acids is 1. The van der Waals surface area contributed by atoms with Crippen molar-refractivity contribution < 1.29 is 13.2 Å². The number of thiazole rings is 1. The van der Waals surface area contributed by atoms with Crippen molar-refractivity contribution in [2.24, 2.45) is 5.73 Å². The molecule has 21 heavy (non-hydrogen) atoms. The van der Waals surface area contributed by atoms with Crippen molar-refractivity contribution >= 4 is 44.0 Å². The summed E-state index contributed by atoms with van der Waals surface area (Å²) in [6, 6.07) is 4.63. The number of nitrogens with two attached hydrogens (primary N) is 1. The molecule has 0 fully saturated rings. The quantitative estimate of drug-likeness (QED) is 0.864. The molecule has 0 aliphatic carbocycles. The maximum atomic E-state index is 12.3. The summed E-state index contributed by atoms with van der Waals surface area (Å²) in [6.45, 7) is 1.62. The monoisotopic (exact) mass is 345 g/mol. The van der Waals surface area contributed by atoms with Crippen molar-refractivity contribution in [2.45, 2.75) is 18.2 Å². The zero-order chi connectivity index (χ0) is 15.6. The van der Waals surface area contributed by atoms with Crippen molar-refractivity contribution in [1.82, 2.24) is 4.98 Å². The van der Waals surface area contributed by atoms with Crippen LogP contribution in [-0.4, -0.2) is 19.3 Å². The number of carbonyl (C=O) groups is 1. The van der Waals surface area contributed by atoms with E-state index in [1.165, 1.54) is 6.07 Å². The highest BCUT2D eigenvalue weighted by Gasteiger charge is 2.19. The van der Waals surface area contributed by atoms with Gasteiger partial charge in [-0.25, -0.2) is 13.4 Å². The van der Waals surface area contributed by atoms with Crippen molar-refractivity contribution in [2.75, 3.05) is 4.72 Å². The molecule has 2 rings (SSSR count). The number of primary amides is 1. The number of benzene rings is 1. The van der Waals surface area contributed by atoms with Gasteiger partial charge >= 0.3 is 0 Å². The zero-order valence-corrected chi connectivity index (χ0v) is 13.3. The fourth-order valence-corrected chi connectivity index (χ4v) is 4.12. The van der Waals surface area contributed by atoms with Crippen LogP contribution < -0.4 is 10.5 Å². The van der Waals surface area contributed by atoms with Gasteiger partial charge in [0, 0.05) is 10.4 Å². The van der Waals surface area contributed by atoms with E-state index in [4.69, 9.17) is 17.3 Å². The van der Waals surface area contributed by atoms with E-state index in [0.717, 1.165) is 11.3 Å². The minimum atomic E-state index is -3.78. The van der Waals surface area contributed by atoms with Gasteiger partial charge in [0.25, 0.3) is 10.0 Å². The highest BCUT2D eigenvalue weighted by molar-refractivity contribution is 7.93. The Labute approximate surface area is 131 Å². The number of rotatable bonds is 5. The average Bonchev–Trinajstić information content (AvgIpc) is 2.78. The van der Waals surface area contributed by atoms with Crippen LogP contribution in [0.5, 0.6) is 0 Å². The Morgan fingerprint density at radius 1 is 1.48 bits per heavy atom. The van der Waals surface area contributed by atoms with Gasteiger partial charge in [-0.1, -0.05) is 17.7 Å². The zero-order valence-electron chi connectivity index (χ0n) is 11.0. The maximum Gasteiger partial charge on any atom is 0.263 e. The molecule has 6 nitrogen and oxygen atoms in total. The van der Waals surface area contributed by atoms with Gasteiger partial charge in [-0.3, -0.25) is 9.52 Å². The van der Waals surface area contributed by atoms with Crippen molar-refractivity contribution in [1.29, 1.82) is 0 Å². The molecule has 1 aromatic heterocycles. The van der Waals surface area contributed by atoms with Gasteiger partial charge in [-0.15, -0.1) is 11.3 Å². The van der Waals surface area contributed by atoms with Crippen LogP contribution in [0, 0.1) is 6.92 Å². The van der Waals surface area contributed by atoms with E-state index in [-0.39, 0.29) is 16.4 Å². The number of hydrogen-bond donors (Lipinski definition) is 2. The van der Waals surface area contributed by atoms with Crippen LogP contribution >= 0.6 is 22.9 Å². The predicted molar refractivity (Wildman–Crippen MR) is 82.0 cm³/mol. The molecule has 0 unspecified atom stereocenters. The minimum Gasteiger partial charge on any atom is -0.369 e. The van der Waals surface area contributed by atoms with Gasteiger partial charge in [-0.2, -0.15) is 0 Å². The molecule has 0 saturated carbocycles. The lowest BCUT2D eigenvalue weighted by Crippen LogP contribution is -2.15. The molecule has 3 N–H and O–H groups in total. The number of nitrogens with one attached hydrogen (secondary N) is 1. The number of hydrogen-bond acceptors (Lipinski definition) is 5. The SMILES string of the molecule is Cc1c(Cl)cccc1S(=O)(=O)Nc1nc(CC(N)=O)cs1. The molecule has 1 amide bonds. The molecule has 0 spiro atoms. The molecule has 0 bridgehead atoms. The fourth-order valence-electron chi connectivity index (χ4n) is 1.66. The number of anilines is 1. The number of aromatic nitrogens is 1. The molecule has 0 aliphatic rings. The van der Waals surface area contributed by atoms with E-state index in [1.807, 2.05) is 0 Å². The Morgan fingerprint density at radius 3 is 2.86 bits per heavy atom. The molecule has 2 aromatic rings. The van der Waals surface area contributed by atoms with Gasteiger partial charge < -0.3 is 5.73 Å². The Kier molecular flexibility index (Phi) is 4.50. The summed E-state index contributed by atoms with van der Waals surface area (Å²) in [4.78, 5) is 14.9. The maximum absolute atomic E-state index is 12.3. The number of halogens is 1. The summed E-state index contributed by atoms with van der Waals surface area (Å²) in [5.41, 5.74) is 5.94. The fraction of sp³-hybridized carbons (Fsp3) is 0.167. The van der Waals surface area contributed by atoms with E-state index >= 15 is 0 Å². The second-order valence-corrected chi connectivity index (χ2v) is 7.17. The summed E-state index contributed by atoms with van der Waals surface area (Å²) >= 11 is 7.01. The molecule has 0 atom stereocenters. The Morgan fingerprint density at radius 2 is 2.19 bits per heavy atom. The van der Waals surface area contributed by atoms with E-state index in [1.54, 1.807) is 24.4 Å². The van der Waals surface area contributed by atoms with Crippen LogP contribution in [0.4, 0.5) is 5.13 Å². The smallest absolute Gasteiger partial charge is 0.263 e. The van der Waals surface area contributed by atoms with Crippen LogP contribution in [-0.2, 0) is 21.2 Å². The topological polar surface area (TPSA) is 102 Å². The third-order valence-corrected chi connectivity index (χ3v) is 5.46. The van der Waals surface area contributed by atoms with Crippen LogP contribution in [0.1, 0.15) is 11.3 Å². The first-order valence-electron chi connectivity index (χ1n) is 5.80. The van der Waals surface area contributed by atoms with Crippen molar-refractivity contribution in [3.63, 3.8) is 0 Å². The number of sulfonamides is 1. The Hall–Kier alpha value is -1.64. The minimum absolute atomic E-state index is 0.0333. The van der Waals surface area contributed by atoms with Gasteiger partial charge in [-0.05, 0) is 24.6 Å². The van der Waals surface area contributed by atoms with Gasteiger partial charge in [0.15, 0.2) is 5.13 Å². The summed E-state index contributed by atoms with van der Waals surface area (Å²) in [7, 11) is -3.78. The van der Waals surface area contributed by atoms with Crippen LogP contribution in [0.25, 0.3) is 0 Å². The molecular weight excluding hydrogens is 334 g/mol. The first-order valence-corrected chi connectivity index (χ1v) is 8.54. The second-order valence-electron chi connectivity index (χ2n) is 4.26. The summed E-state index contributed by atoms with van der Waals surface area (Å²) < 4.78 is 27.0. The molecule has 9 heteroatoms. The highest BCUT2D eigenvalue weighted by atomic mass is 35.5. The van der Waals surface area contributed by atoms with E-state index < -0.39 is 15.9 Å². The third-order valence-electron chi connectivity index (χ3n) is 2.64. The lowest BCUT2D eigenvalue weighted by molar-refractivity contribution is -0.117. The van der Waals surface area contributed by atoms with Gasteiger partial charge in [0.2, 0.25) is 5.91 Å². The molecular formula is C12H12ClN3O3S2. The van der Waals surface area contributed by atoms with Crippen LogP contribution in [0.15, 0.2) is 28.5 Å². The van der Waals surface area contributed by atoms with Crippen molar-refractivity contribution in [3.05, 3.63) is 39.9 Å². The van der Waals surface area contributed by atoms with Gasteiger partial charge in [0.05, 0.1) is 17.0 Å². The standard InChI is InChI=1S/C12H12ClN3O3S2/c1-7-9(13)3-2-4-10(7)21(18,19)16-12-15-8(6-20-12)5-11(14)17/h2-4,6H,5H2,1H3,(H2,14,17)(H,15,16). The molecule has 1 heterocycles. The molecule has 112 valence electrons. The lowest BCUT2D eigenvalue weighted by atomic mass is 10.2. The van der Waals surface area contributed by atoms with Crippen molar-refractivity contribution in [3.8, 4) is 0 Å². The Balaban J connectivity index is 2.27. The van der Waals surface area contributed by atoms with Crippen LogP contribution in [0.2, 0.25) is 5.02 Å². The first-order chi connectivity index (χ1) is 9.79. The predicted octanol–water partition coefficient (Wildman–Crippen LogP) is 1.93. The second kappa shape index (κ2) is 6.00. The van der Waals surface area contributed by atoms with E-state index in [0.29, 0.717) is 16.3 Å². The third kappa shape index (κ3) is 3.72. The Bertz CT molecular complexity index is 787. The molecule has 0 saturated heterocycles. The van der Waals surface area contributed by atoms with Gasteiger partial charge in [0.1, 0.15) is 0 Å². The average molecular weight is 346 g/mol. The summed E-state index contributed by atoms with van der Waals surface area (Å²) in [5.74, 6) is -0.527. The number of nitrogens with zero attached hydrogens (tertiary/aromatic N) is 1. The molecule has 1 aromatic carbocycles. The molecule has 0 aliphatic heterocycles. The normalized spacial score (nSPS) is 11.3. The summed E-state index contributed by atoms with van der Waals surface area (Å²) in [5, 5.41) is 2.12. The lowest BCUT2D eigenvalue weighted by Gasteiger charge is -2.09. The molecule has 0 radical (unpaired) electrons. The van der Waals surface area contributed by atoms with E-state index in [9.17, 15) is 13.2 Å². The van der Waals surface area contributed by atoms with Crippen LogP contribution in [0.3, 0.4) is 0 Å². The van der Waals surface area contributed by atoms with E-state index in [2.05, 4.69) is 9.71 Å². The summed E-state index contributed by atoms with van der Waals surface area (Å²) in [6.07, 6.45) is -0.0333. The number of amides is 1. The highest BCUT2D eigenvalue weighted by Crippen LogP contribution is 2.26.